The SMILES string of the molecule is CC.O=C(O)c1cc2ccccc2cc1O. The highest BCUT2D eigenvalue weighted by atomic mass is 16.4. The van der Waals surface area contributed by atoms with Crippen LogP contribution in [-0.2, 0) is 0 Å². The van der Waals surface area contributed by atoms with Gasteiger partial charge in [-0.05, 0) is 22.9 Å². The largest absolute Gasteiger partial charge is 0.507 e. The zero-order chi connectivity index (χ0) is 12.1. The molecule has 16 heavy (non-hydrogen) atoms. The van der Waals surface area contributed by atoms with Crippen LogP contribution in [-0.4, -0.2) is 16.2 Å². The molecule has 0 amide bonds. The molecule has 0 unspecified atom stereocenters. The van der Waals surface area contributed by atoms with Gasteiger partial charge in [0, 0.05) is 0 Å². The van der Waals surface area contributed by atoms with Gasteiger partial charge in [0.15, 0.2) is 0 Å². The first-order valence-corrected chi connectivity index (χ1v) is 5.13. The molecule has 2 aromatic rings. The van der Waals surface area contributed by atoms with Gasteiger partial charge in [-0.3, -0.25) is 0 Å². The van der Waals surface area contributed by atoms with E-state index in [-0.39, 0.29) is 11.3 Å². The average Bonchev–Trinajstić information content (AvgIpc) is 2.30. The fourth-order valence-corrected chi connectivity index (χ4v) is 1.40. The fraction of sp³-hybridized carbons (Fsp3) is 0.154. The van der Waals surface area contributed by atoms with Crippen LogP contribution in [0.4, 0.5) is 0 Å². The highest BCUT2D eigenvalue weighted by Gasteiger charge is 2.09. The fourth-order valence-electron chi connectivity index (χ4n) is 1.40. The van der Waals surface area contributed by atoms with E-state index < -0.39 is 5.97 Å². The summed E-state index contributed by atoms with van der Waals surface area (Å²) in [5, 5.41) is 19.8. The Bertz CT molecular complexity index is 504. The van der Waals surface area contributed by atoms with E-state index in [1.165, 1.54) is 12.1 Å². The molecule has 2 aromatic carbocycles. The smallest absolute Gasteiger partial charge is 0.339 e. The van der Waals surface area contributed by atoms with Gasteiger partial charge in [0.05, 0.1) is 0 Å². The van der Waals surface area contributed by atoms with Crippen LogP contribution in [0, 0.1) is 0 Å². The van der Waals surface area contributed by atoms with Crippen molar-refractivity contribution < 1.29 is 15.0 Å². The second-order valence-corrected chi connectivity index (χ2v) is 3.02. The second-order valence-electron chi connectivity index (χ2n) is 3.02. The Labute approximate surface area is 94.0 Å². The van der Waals surface area contributed by atoms with Crippen molar-refractivity contribution in [2.45, 2.75) is 13.8 Å². The standard InChI is InChI=1S/C11H8O3.C2H6/c12-10-6-8-4-2-1-3-7(8)5-9(10)11(13)14;1-2/h1-6,12H,(H,13,14);1-2H3. The Morgan fingerprint density at radius 3 is 2.06 bits per heavy atom. The summed E-state index contributed by atoms with van der Waals surface area (Å²) in [4.78, 5) is 10.7. The normalized spacial score (nSPS) is 9.38. The minimum absolute atomic E-state index is 0.0660. The van der Waals surface area contributed by atoms with Gasteiger partial charge in [0.25, 0.3) is 0 Å². The Balaban J connectivity index is 0.000000606. The van der Waals surface area contributed by atoms with Crippen LogP contribution in [0.25, 0.3) is 10.8 Å². The zero-order valence-corrected chi connectivity index (χ0v) is 9.27. The summed E-state index contributed by atoms with van der Waals surface area (Å²) >= 11 is 0. The molecule has 0 atom stereocenters. The van der Waals surface area contributed by atoms with Crippen molar-refractivity contribution in [2.24, 2.45) is 0 Å². The van der Waals surface area contributed by atoms with Crippen molar-refractivity contribution in [3.63, 3.8) is 0 Å². The van der Waals surface area contributed by atoms with E-state index in [4.69, 9.17) is 5.11 Å². The van der Waals surface area contributed by atoms with Crippen LogP contribution in [0.2, 0.25) is 0 Å². The number of rotatable bonds is 1. The van der Waals surface area contributed by atoms with Crippen molar-refractivity contribution in [1.82, 2.24) is 0 Å². The number of benzene rings is 2. The highest BCUT2D eigenvalue weighted by molar-refractivity contribution is 5.97. The third-order valence-electron chi connectivity index (χ3n) is 2.09. The molecule has 0 aliphatic carbocycles. The summed E-state index contributed by atoms with van der Waals surface area (Å²) in [5.41, 5.74) is -0.0660. The Kier molecular flexibility index (Phi) is 3.89. The van der Waals surface area contributed by atoms with Gasteiger partial charge in [-0.25, -0.2) is 4.79 Å². The van der Waals surface area contributed by atoms with Gasteiger partial charge in [0.2, 0.25) is 0 Å². The van der Waals surface area contributed by atoms with E-state index in [1.807, 2.05) is 32.0 Å². The molecular weight excluding hydrogens is 204 g/mol. The summed E-state index contributed by atoms with van der Waals surface area (Å²) in [6.45, 7) is 4.00. The van der Waals surface area contributed by atoms with Gasteiger partial charge in [-0.15, -0.1) is 0 Å². The number of aromatic carboxylic acids is 1. The molecule has 0 heterocycles. The first kappa shape index (κ1) is 12.0. The van der Waals surface area contributed by atoms with E-state index in [9.17, 15) is 9.90 Å². The van der Waals surface area contributed by atoms with E-state index in [2.05, 4.69) is 0 Å². The summed E-state index contributed by atoms with van der Waals surface area (Å²) in [6, 6.07) is 10.2. The monoisotopic (exact) mass is 218 g/mol. The van der Waals surface area contributed by atoms with E-state index in [0.717, 1.165) is 10.8 Å². The molecule has 0 aliphatic rings. The molecule has 0 saturated carbocycles. The first-order valence-electron chi connectivity index (χ1n) is 5.13. The molecule has 0 aliphatic heterocycles. The molecule has 3 nitrogen and oxygen atoms in total. The minimum atomic E-state index is -1.12. The van der Waals surface area contributed by atoms with E-state index in [1.54, 1.807) is 6.07 Å². The van der Waals surface area contributed by atoms with E-state index >= 15 is 0 Å². The second kappa shape index (κ2) is 5.16. The molecule has 3 heteroatoms. The maximum Gasteiger partial charge on any atom is 0.339 e. The lowest BCUT2D eigenvalue weighted by molar-refractivity contribution is 0.0694. The van der Waals surface area contributed by atoms with Crippen molar-refractivity contribution in [3.05, 3.63) is 42.0 Å². The maximum atomic E-state index is 10.7. The van der Waals surface area contributed by atoms with Crippen molar-refractivity contribution in [1.29, 1.82) is 0 Å². The molecule has 2 N–H and O–H groups in total. The molecule has 0 fully saturated rings. The zero-order valence-electron chi connectivity index (χ0n) is 9.27. The molecule has 0 spiro atoms. The number of aromatic hydroxyl groups is 1. The highest BCUT2D eigenvalue weighted by Crippen LogP contribution is 2.24. The molecule has 0 bridgehead atoms. The maximum absolute atomic E-state index is 10.7. The molecule has 0 radical (unpaired) electrons. The lowest BCUT2D eigenvalue weighted by Gasteiger charge is -2.02. The summed E-state index contributed by atoms with van der Waals surface area (Å²) in [7, 11) is 0. The third-order valence-corrected chi connectivity index (χ3v) is 2.09. The lowest BCUT2D eigenvalue weighted by Crippen LogP contribution is -1.96. The molecule has 0 aromatic heterocycles. The summed E-state index contributed by atoms with van der Waals surface area (Å²) < 4.78 is 0. The van der Waals surface area contributed by atoms with Crippen LogP contribution in [0.15, 0.2) is 36.4 Å². The number of phenols is 1. The van der Waals surface area contributed by atoms with Crippen LogP contribution >= 0.6 is 0 Å². The van der Waals surface area contributed by atoms with Crippen molar-refractivity contribution in [2.75, 3.05) is 0 Å². The molecule has 84 valence electrons. The first-order chi connectivity index (χ1) is 7.68. The molecule has 2 rings (SSSR count). The number of hydrogen-bond donors (Lipinski definition) is 2. The predicted molar refractivity (Wildman–Crippen MR) is 63.9 cm³/mol. The quantitative estimate of drug-likeness (QED) is 0.772. The number of hydrogen-bond acceptors (Lipinski definition) is 2. The lowest BCUT2D eigenvalue weighted by atomic mass is 10.1. The Morgan fingerprint density at radius 2 is 1.56 bits per heavy atom. The van der Waals surface area contributed by atoms with Gasteiger partial charge in [-0.2, -0.15) is 0 Å². The van der Waals surface area contributed by atoms with Crippen LogP contribution in [0.1, 0.15) is 24.2 Å². The third kappa shape index (κ3) is 2.31. The number of fused-ring (bicyclic) bond motifs is 1. The van der Waals surface area contributed by atoms with Crippen molar-refractivity contribution >= 4 is 16.7 Å². The number of carboxylic acid groups (broad SMARTS) is 1. The summed E-state index contributed by atoms with van der Waals surface area (Å²) in [5.74, 6) is -1.32. The van der Waals surface area contributed by atoms with Gasteiger partial charge in [-0.1, -0.05) is 38.1 Å². The number of carbonyl (C=O) groups is 1. The summed E-state index contributed by atoms with van der Waals surface area (Å²) in [6.07, 6.45) is 0. The molecule has 0 saturated heterocycles. The average molecular weight is 218 g/mol. The molecular formula is C13H14O3. The van der Waals surface area contributed by atoms with Crippen LogP contribution in [0.5, 0.6) is 5.75 Å². The van der Waals surface area contributed by atoms with Gasteiger partial charge < -0.3 is 10.2 Å². The van der Waals surface area contributed by atoms with Gasteiger partial charge in [0.1, 0.15) is 11.3 Å². The van der Waals surface area contributed by atoms with Gasteiger partial charge >= 0.3 is 5.97 Å². The van der Waals surface area contributed by atoms with E-state index in [0.29, 0.717) is 0 Å². The minimum Gasteiger partial charge on any atom is -0.507 e. The Hall–Kier alpha value is -2.03. The van der Waals surface area contributed by atoms with Crippen molar-refractivity contribution in [3.8, 4) is 5.75 Å². The van der Waals surface area contributed by atoms with Crippen LogP contribution in [0.3, 0.4) is 0 Å². The topological polar surface area (TPSA) is 57.5 Å². The van der Waals surface area contributed by atoms with Crippen LogP contribution < -0.4 is 0 Å². The number of carboxylic acids is 1. The predicted octanol–water partition coefficient (Wildman–Crippen LogP) is 3.27. The Morgan fingerprint density at radius 1 is 1.06 bits per heavy atom.